The zero-order chi connectivity index (χ0) is 13.7. The van der Waals surface area contributed by atoms with Gasteiger partial charge >= 0.3 is 0 Å². The fourth-order valence-corrected chi connectivity index (χ4v) is 1.70. The lowest BCUT2D eigenvalue weighted by Crippen LogP contribution is -2.34. The van der Waals surface area contributed by atoms with Crippen molar-refractivity contribution in [3.8, 4) is 0 Å². The highest BCUT2D eigenvalue weighted by atomic mass is 35.5. The molecule has 1 amide bonds. The zero-order valence-electron chi connectivity index (χ0n) is 10.5. The first kappa shape index (κ1) is 14.8. The van der Waals surface area contributed by atoms with Crippen molar-refractivity contribution in [1.82, 2.24) is 4.90 Å². The first-order valence-corrected chi connectivity index (χ1v) is 5.97. The second-order valence-electron chi connectivity index (χ2n) is 4.33. The third-order valence-electron chi connectivity index (χ3n) is 2.27. The third kappa shape index (κ3) is 4.91. The van der Waals surface area contributed by atoms with Gasteiger partial charge in [-0.05, 0) is 32.2 Å². The van der Waals surface area contributed by atoms with Crippen LogP contribution in [0.15, 0.2) is 18.2 Å². The number of nitrogens with one attached hydrogen (secondary N) is 1. The predicted molar refractivity (Wildman–Crippen MR) is 73.7 cm³/mol. The normalized spacial score (nSPS) is 12.5. The Hall–Kier alpha value is -1.30. The van der Waals surface area contributed by atoms with E-state index in [0.717, 1.165) is 0 Å². The van der Waals surface area contributed by atoms with Crippen molar-refractivity contribution in [2.45, 2.75) is 13.0 Å². The molecule has 1 aromatic rings. The molecule has 4 N–H and O–H groups in total. The summed E-state index contributed by atoms with van der Waals surface area (Å²) in [5, 5.41) is 12.4. The highest BCUT2D eigenvalue weighted by molar-refractivity contribution is 6.33. The number of anilines is 2. The van der Waals surface area contributed by atoms with E-state index in [1.807, 2.05) is 0 Å². The van der Waals surface area contributed by atoms with Gasteiger partial charge in [0.1, 0.15) is 0 Å². The van der Waals surface area contributed by atoms with Crippen molar-refractivity contribution >= 4 is 28.9 Å². The van der Waals surface area contributed by atoms with Crippen molar-refractivity contribution in [1.29, 1.82) is 0 Å². The maximum Gasteiger partial charge on any atom is 0.238 e. The Morgan fingerprint density at radius 1 is 1.61 bits per heavy atom. The molecule has 0 aromatic heterocycles. The van der Waals surface area contributed by atoms with Gasteiger partial charge in [-0.2, -0.15) is 0 Å². The van der Waals surface area contributed by atoms with Crippen molar-refractivity contribution in [3.63, 3.8) is 0 Å². The number of carbonyl (C=O) groups excluding carboxylic acids is 1. The number of amides is 1. The number of hydrogen-bond acceptors (Lipinski definition) is 4. The number of nitrogen functional groups attached to an aromatic ring is 1. The third-order valence-corrected chi connectivity index (χ3v) is 2.61. The van der Waals surface area contributed by atoms with Crippen molar-refractivity contribution < 1.29 is 9.90 Å². The van der Waals surface area contributed by atoms with Gasteiger partial charge in [-0.15, -0.1) is 0 Å². The minimum atomic E-state index is -0.464. The molecule has 18 heavy (non-hydrogen) atoms. The molecule has 0 aliphatic rings. The van der Waals surface area contributed by atoms with Gasteiger partial charge in [-0.3, -0.25) is 9.69 Å². The topological polar surface area (TPSA) is 78.6 Å². The summed E-state index contributed by atoms with van der Waals surface area (Å²) in [5.74, 6) is -0.167. The highest BCUT2D eigenvalue weighted by Gasteiger charge is 2.09. The summed E-state index contributed by atoms with van der Waals surface area (Å²) in [6, 6.07) is 4.92. The summed E-state index contributed by atoms with van der Waals surface area (Å²) in [4.78, 5) is 13.4. The summed E-state index contributed by atoms with van der Waals surface area (Å²) in [6.45, 7) is 2.32. The molecule has 0 bridgehead atoms. The van der Waals surface area contributed by atoms with Crippen LogP contribution in [0.25, 0.3) is 0 Å². The van der Waals surface area contributed by atoms with Crippen LogP contribution in [-0.4, -0.2) is 42.2 Å². The van der Waals surface area contributed by atoms with E-state index in [1.54, 1.807) is 37.1 Å². The number of nitrogens with two attached hydrogens (primary N) is 1. The highest BCUT2D eigenvalue weighted by Crippen LogP contribution is 2.22. The lowest BCUT2D eigenvalue weighted by atomic mass is 10.3. The molecule has 6 heteroatoms. The van der Waals surface area contributed by atoms with Gasteiger partial charge in [0.15, 0.2) is 0 Å². The summed E-state index contributed by atoms with van der Waals surface area (Å²) in [6.07, 6.45) is -0.464. The predicted octanol–water partition coefficient (Wildman–Crippen LogP) is 1.17. The molecule has 1 aromatic carbocycles. The van der Waals surface area contributed by atoms with E-state index >= 15 is 0 Å². The number of rotatable bonds is 5. The molecule has 0 heterocycles. The molecule has 0 aliphatic heterocycles. The number of halogens is 1. The Balaban J connectivity index is 2.51. The Labute approximate surface area is 112 Å². The number of benzene rings is 1. The molecule has 0 fully saturated rings. The van der Waals surface area contributed by atoms with E-state index in [1.165, 1.54) is 0 Å². The average Bonchev–Trinajstić information content (AvgIpc) is 2.21. The molecule has 1 atom stereocenters. The molecule has 0 aliphatic carbocycles. The first-order valence-electron chi connectivity index (χ1n) is 5.60. The standard InChI is InChI=1S/C12H18ClN3O2/c1-8(17)6-16(2)7-12(18)15-9-3-4-10(13)11(14)5-9/h3-5,8,17H,6-7,14H2,1-2H3,(H,15,18). The molecule has 0 spiro atoms. The molecule has 5 nitrogen and oxygen atoms in total. The van der Waals surface area contributed by atoms with Gasteiger partial charge < -0.3 is 16.2 Å². The molecule has 1 unspecified atom stereocenters. The van der Waals surface area contributed by atoms with Crippen molar-refractivity contribution in [3.05, 3.63) is 23.2 Å². The van der Waals surface area contributed by atoms with Gasteiger partial charge in [-0.1, -0.05) is 11.6 Å². The van der Waals surface area contributed by atoms with Crippen molar-refractivity contribution in [2.24, 2.45) is 0 Å². The number of aliphatic hydroxyl groups is 1. The zero-order valence-corrected chi connectivity index (χ0v) is 11.2. The first-order chi connectivity index (χ1) is 8.38. The minimum Gasteiger partial charge on any atom is -0.397 e. The minimum absolute atomic E-state index is 0.167. The fraction of sp³-hybridized carbons (Fsp3) is 0.417. The van der Waals surface area contributed by atoms with Crippen LogP contribution in [0.4, 0.5) is 11.4 Å². The average molecular weight is 272 g/mol. The van der Waals surface area contributed by atoms with E-state index in [-0.39, 0.29) is 12.5 Å². The van der Waals surface area contributed by atoms with E-state index in [2.05, 4.69) is 5.32 Å². The number of aliphatic hydroxyl groups excluding tert-OH is 1. The molecule has 0 radical (unpaired) electrons. The summed E-state index contributed by atoms with van der Waals surface area (Å²) < 4.78 is 0. The summed E-state index contributed by atoms with van der Waals surface area (Å²) in [7, 11) is 1.77. The van der Waals surface area contributed by atoms with Crippen LogP contribution in [0.5, 0.6) is 0 Å². The molecule has 0 saturated carbocycles. The smallest absolute Gasteiger partial charge is 0.238 e. The lowest BCUT2D eigenvalue weighted by Gasteiger charge is -2.17. The molecule has 1 rings (SSSR count). The maximum atomic E-state index is 11.7. The second-order valence-corrected chi connectivity index (χ2v) is 4.74. The van der Waals surface area contributed by atoms with Crippen LogP contribution in [0.3, 0.4) is 0 Å². The summed E-state index contributed by atoms with van der Waals surface area (Å²) in [5.41, 5.74) is 6.66. The number of carbonyl (C=O) groups is 1. The Morgan fingerprint density at radius 3 is 2.83 bits per heavy atom. The van der Waals surface area contributed by atoms with Crippen LogP contribution in [-0.2, 0) is 4.79 Å². The Kier molecular flexibility index (Phi) is 5.40. The van der Waals surface area contributed by atoms with E-state index < -0.39 is 6.10 Å². The van der Waals surface area contributed by atoms with Crippen LogP contribution in [0.2, 0.25) is 5.02 Å². The van der Waals surface area contributed by atoms with Gasteiger partial charge in [-0.25, -0.2) is 0 Å². The number of nitrogens with zero attached hydrogens (tertiary/aromatic N) is 1. The molecular formula is C12H18ClN3O2. The number of hydrogen-bond donors (Lipinski definition) is 3. The van der Waals surface area contributed by atoms with Gasteiger partial charge in [0, 0.05) is 12.2 Å². The molecule has 0 saturated heterocycles. The SMILES string of the molecule is CC(O)CN(C)CC(=O)Nc1ccc(Cl)c(N)c1. The van der Waals surface area contributed by atoms with Crippen molar-refractivity contribution in [2.75, 3.05) is 31.2 Å². The second kappa shape index (κ2) is 6.58. The summed E-state index contributed by atoms with van der Waals surface area (Å²) >= 11 is 5.79. The van der Waals surface area contributed by atoms with Crippen LogP contribution in [0.1, 0.15) is 6.92 Å². The van der Waals surface area contributed by atoms with E-state index in [9.17, 15) is 9.90 Å². The quantitative estimate of drug-likeness (QED) is 0.703. The molecule has 100 valence electrons. The fourth-order valence-electron chi connectivity index (χ4n) is 1.58. The maximum absolute atomic E-state index is 11.7. The van der Waals surface area contributed by atoms with E-state index in [4.69, 9.17) is 17.3 Å². The largest absolute Gasteiger partial charge is 0.397 e. The van der Waals surface area contributed by atoms with Gasteiger partial charge in [0.05, 0.1) is 23.4 Å². The number of likely N-dealkylation sites (N-methyl/N-ethyl adjacent to an activating group) is 1. The van der Waals surface area contributed by atoms with Gasteiger partial charge in [0.2, 0.25) is 5.91 Å². The van der Waals surface area contributed by atoms with E-state index in [0.29, 0.717) is 22.9 Å². The monoisotopic (exact) mass is 271 g/mol. The van der Waals surface area contributed by atoms with Gasteiger partial charge in [0.25, 0.3) is 0 Å². The van der Waals surface area contributed by atoms with Crippen LogP contribution in [0, 0.1) is 0 Å². The van der Waals surface area contributed by atoms with Crippen LogP contribution >= 0.6 is 11.6 Å². The molecular weight excluding hydrogens is 254 g/mol. The Bertz CT molecular complexity index is 424. The van der Waals surface area contributed by atoms with Crippen LogP contribution < -0.4 is 11.1 Å². The Morgan fingerprint density at radius 2 is 2.28 bits per heavy atom. The lowest BCUT2D eigenvalue weighted by molar-refractivity contribution is -0.117.